The molecule has 12 nitrogen and oxygen atoms in total. The zero-order valence-electron chi connectivity index (χ0n) is 37.8. The number of esters is 2. The summed E-state index contributed by atoms with van der Waals surface area (Å²) in [5, 5.41) is 30.9. The lowest BCUT2D eigenvalue weighted by Crippen LogP contribution is -2.60. The molecule has 1 aliphatic rings. The number of unbranched alkanes of at least 4 members (excludes halogenated alkanes) is 19. The number of hydrogen-bond donors (Lipinski definition) is 4. The summed E-state index contributed by atoms with van der Waals surface area (Å²) < 4.78 is 54.1. The summed E-state index contributed by atoms with van der Waals surface area (Å²) in [5.74, 6) is -2.02. The molecule has 2 unspecified atom stereocenters. The highest BCUT2D eigenvalue weighted by molar-refractivity contribution is 7.85. The van der Waals surface area contributed by atoms with E-state index in [2.05, 4.69) is 62.5 Å². The van der Waals surface area contributed by atoms with E-state index in [1.165, 1.54) is 83.5 Å². The number of carbonyl (C=O) groups excluding carboxylic acids is 2. The van der Waals surface area contributed by atoms with E-state index in [1.807, 2.05) is 0 Å². The number of carbonyl (C=O) groups is 2. The minimum atomic E-state index is -4.61. The van der Waals surface area contributed by atoms with Crippen LogP contribution >= 0.6 is 0 Å². The summed E-state index contributed by atoms with van der Waals surface area (Å²) in [5.41, 5.74) is 0. The van der Waals surface area contributed by atoms with E-state index in [0.717, 1.165) is 64.2 Å². The maximum Gasteiger partial charge on any atom is 0.306 e. The van der Waals surface area contributed by atoms with Gasteiger partial charge in [0.1, 0.15) is 36.8 Å². The van der Waals surface area contributed by atoms with Crippen LogP contribution in [-0.2, 0) is 38.7 Å². The van der Waals surface area contributed by atoms with E-state index in [0.29, 0.717) is 12.8 Å². The van der Waals surface area contributed by atoms with Gasteiger partial charge in [-0.25, -0.2) is 0 Å². The zero-order chi connectivity index (χ0) is 44.8. The standard InChI is InChI=1S/C48H84O12S/c1-3-5-7-9-11-13-15-17-19-21-23-25-27-29-31-33-35-37-44(50)59-41(39-58-48-47(53)46(52)45(51)42(60-48)40-61(54,55)56)38-57-43(49)36-34-32-30-28-26-24-22-20-18-16-14-12-10-8-6-4-2/h7,9,13,15,19,21,25,27,41-42,45-48,51-53H,3-6,8,10-12,14,16-18,20,22-24,26,28-40H2,1-2H3,(H,54,55,56)/b9-7+,15-13+,21-19+,27-25+/t41-,42-,45-,46?,47?,48+/m1/s1. The molecule has 0 aromatic rings. The van der Waals surface area contributed by atoms with Crippen molar-refractivity contribution in [1.82, 2.24) is 0 Å². The summed E-state index contributed by atoms with van der Waals surface area (Å²) >= 11 is 0. The van der Waals surface area contributed by atoms with Gasteiger partial charge in [0.25, 0.3) is 10.1 Å². The van der Waals surface area contributed by atoms with Gasteiger partial charge >= 0.3 is 11.9 Å². The third-order valence-corrected chi connectivity index (χ3v) is 11.4. The van der Waals surface area contributed by atoms with Crippen molar-refractivity contribution in [1.29, 1.82) is 0 Å². The molecule has 1 rings (SSSR count). The highest BCUT2D eigenvalue weighted by Crippen LogP contribution is 2.24. The maximum absolute atomic E-state index is 12.8. The second-order valence-corrected chi connectivity index (χ2v) is 17.9. The molecule has 6 atom stereocenters. The molecule has 61 heavy (non-hydrogen) atoms. The average molecular weight is 885 g/mol. The molecule has 1 heterocycles. The van der Waals surface area contributed by atoms with E-state index in [9.17, 15) is 37.9 Å². The Bertz CT molecular complexity index is 1310. The van der Waals surface area contributed by atoms with Crippen LogP contribution in [0.2, 0.25) is 0 Å². The fourth-order valence-electron chi connectivity index (χ4n) is 6.96. The number of aliphatic hydroxyl groups is 3. The first kappa shape index (κ1) is 56.6. The molecule has 0 saturated carbocycles. The van der Waals surface area contributed by atoms with Gasteiger partial charge in [0.05, 0.1) is 6.61 Å². The first-order valence-electron chi connectivity index (χ1n) is 23.7. The van der Waals surface area contributed by atoms with Crippen molar-refractivity contribution in [3.05, 3.63) is 48.6 Å². The van der Waals surface area contributed by atoms with Crippen molar-refractivity contribution in [2.75, 3.05) is 19.0 Å². The number of hydrogen-bond acceptors (Lipinski definition) is 11. The molecule has 13 heteroatoms. The fourth-order valence-corrected chi connectivity index (χ4v) is 7.65. The van der Waals surface area contributed by atoms with Crippen molar-refractivity contribution in [3.8, 4) is 0 Å². The van der Waals surface area contributed by atoms with Crippen LogP contribution in [0.25, 0.3) is 0 Å². The average Bonchev–Trinajstić information content (AvgIpc) is 3.22. The Labute approximate surface area is 369 Å². The third kappa shape index (κ3) is 32.9. The lowest BCUT2D eigenvalue weighted by atomic mass is 10.00. The Morgan fingerprint density at radius 3 is 1.52 bits per heavy atom. The normalized spacial score (nSPS) is 20.4. The second-order valence-electron chi connectivity index (χ2n) is 16.4. The van der Waals surface area contributed by atoms with Crippen molar-refractivity contribution in [2.24, 2.45) is 0 Å². The van der Waals surface area contributed by atoms with Gasteiger partial charge in [-0.2, -0.15) is 8.42 Å². The molecule has 0 aromatic heterocycles. The van der Waals surface area contributed by atoms with Gasteiger partial charge in [-0.05, 0) is 51.4 Å². The maximum atomic E-state index is 12.8. The minimum absolute atomic E-state index is 0.127. The molecular weight excluding hydrogens is 801 g/mol. The molecule has 0 bridgehead atoms. The topological polar surface area (TPSA) is 186 Å². The smallest absolute Gasteiger partial charge is 0.306 e. The van der Waals surface area contributed by atoms with E-state index in [1.54, 1.807) is 0 Å². The molecule has 0 aromatic carbocycles. The molecule has 1 fully saturated rings. The lowest BCUT2D eigenvalue weighted by molar-refractivity contribution is -0.297. The Kier molecular flexibility index (Phi) is 35.4. The molecule has 0 spiro atoms. The van der Waals surface area contributed by atoms with Gasteiger partial charge in [0.2, 0.25) is 0 Å². The first-order chi connectivity index (χ1) is 29.5. The Balaban J connectivity index is 2.45. The first-order valence-corrected chi connectivity index (χ1v) is 25.3. The number of rotatable bonds is 39. The predicted octanol–water partition coefficient (Wildman–Crippen LogP) is 9.95. The summed E-state index contributed by atoms with van der Waals surface area (Å²) in [6.07, 6.45) is 35.8. The number of ether oxygens (including phenoxy) is 4. The highest BCUT2D eigenvalue weighted by Gasteiger charge is 2.46. The summed E-state index contributed by atoms with van der Waals surface area (Å²) in [6, 6.07) is 0. The lowest BCUT2D eigenvalue weighted by Gasteiger charge is -2.40. The van der Waals surface area contributed by atoms with Crippen LogP contribution in [-0.4, -0.2) is 96.0 Å². The van der Waals surface area contributed by atoms with Gasteiger partial charge in [0, 0.05) is 12.8 Å². The SMILES string of the molecule is CCC/C=C/C/C=C/C/C=C/C/C=C/CCCCCC(=O)O[C@H](COC(=O)CCCCCCCCCCCCCCCCCC)CO[C@H]1O[C@H](CS(=O)(=O)O)[C@@H](O)C(O)C1O. The van der Waals surface area contributed by atoms with Gasteiger partial charge in [-0.3, -0.25) is 14.1 Å². The molecule has 1 aliphatic heterocycles. The quantitative estimate of drug-likeness (QED) is 0.0198. The molecule has 0 aliphatic carbocycles. The molecule has 1 saturated heterocycles. The van der Waals surface area contributed by atoms with Crippen LogP contribution < -0.4 is 0 Å². The van der Waals surface area contributed by atoms with Crippen LogP contribution in [0.15, 0.2) is 48.6 Å². The van der Waals surface area contributed by atoms with Gasteiger partial charge in [0.15, 0.2) is 12.4 Å². The van der Waals surface area contributed by atoms with E-state index >= 15 is 0 Å². The van der Waals surface area contributed by atoms with Gasteiger partial charge < -0.3 is 34.3 Å². The van der Waals surface area contributed by atoms with Crippen molar-refractivity contribution < 1.29 is 56.8 Å². The van der Waals surface area contributed by atoms with Crippen molar-refractivity contribution in [2.45, 2.75) is 224 Å². The van der Waals surface area contributed by atoms with Crippen LogP contribution in [0.5, 0.6) is 0 Å². The Morgan fingerprint density at radius 1 is 0.557 bits per heavy atom. The third-order valence-electron chi connectivity index (χ3n) is 10.6. The molecular formula is C48H84O12S. The number of allylic oxidation sites excluding steroid dienone is 8. The van der Waals surface area contributed by atoms with E-state index in [-0.39, 0.29) is 19.4 Å². The van der Waals surface area contributed by atoms with Crippen LogP contribution in [0.4, 0.5) is 0 Å². The molecule has 0 amide bonds. The number of aliphatic hydroxyl groups excluding tert-OH is 3. The Morgan fingerprint density at radius 2 is 1.02 bits per heavy atom. The highest BCUT2D eigenvalue weighted by atomic mass is 32.2. The van der Waals surface area contributed by atoms with Crippen LogP contribution in [0, 0.1) is 0 Å². The molecule has 354 valence electrons. The monoisotopic (exact) mass is 885 g/mol. The van der Waals surface area contributed by atoms with Crippen molar-refractivity contribution in [3.63, 3.8) is 0 Å². The van der Waals surface area contributed by atoms with Gasteiger partial charge in [-0.15, -0.1) is 0 Å². The summed E-state index contributed by atoms with van der Waals surface area (Å²) in [6.45, 7) is 3.68. The zero-order valence-corrected chi connectivity index (χ0v) is 38.6. The minimum Gasteiger partial charge on any atom is -0.462 e. The summed E-state index contributed by atoms with van der Waals surface area (Å²) in [7, 11) is -4.61. The van der Waals surface area contributed by atoms with Crippen molar-refractivity contribution >= 4 is 22.1 Å². The Hall–Kier alpha value is -2.39. The van der Waals surface area contributed by atoms with Crippen LogP contribution in [0.1, 0.15) is 187 Å². The fraction of sp³-hybridized carbons (Fsp3) is 0.792. The predicted molar refractivity (Wildman–Crippen MR) is 242 cm³/mol. The molecule has 0 radical (unpaired) electrons. The molecule has 4 N–H and O–H groups in total. The summed E-state index contributed by atoms with van der Waals surface area (Å²) in [4.78, 5) is 25.4. The van der Waals surface area contributed by atoms with E-state index < -0.39 is 71.2 Å². The second kappa shape index (κ2) is 38.1. The largest absolute Gasteiger partial charge is 0.462 e. The van der Waals surface area contributed by atoms with Crippen LogP contribution in [0.3, 0.4) is 0 Å². The van der Waals surface area contributed by atoms with E-state index in [4.69, 9.17) is 18.9 Å². The van der Waals surface area contributed by atoms with Gasteiger partial charge in [-0.1, -0.05) is 172 Å².